The van der Waals surface area contributed by atoms with Crippen LogP contribution in [0.4, 0.5) is 11.4 Å². The van der Waals surface area contributed by atoms with Gasteiger partial charge in [-0.15, -0.1) is 0 Å². The number of carbonyl (C=O) groups is 2. The van der Waals surface area contributed by atoms with Gasteiger partial charge in [0.1, 0.15) is 6.54 Å². The standard InChI is InChI=1S/C20H31N5O2/c1-17(26)25(16-20(27)24-14-10-22(3)11-15-24)19-6-4-18(5-7-19)23-12-8-21(2)9-13-23/h4-7H,8-16H2,1-3H3. The minimum absolute atomic E-state index is 0.0152. The second kappa shape index (κ2) is 8.71. The van der Waals surface area contributed by atoms with E-state index in [1.165, 1.54) is 12.6 Å². The second-order valence-electron chi connectivity index (χ2n) is 7.60. The van der Waals surface area contributed by atoms with Crippen LogP contribution in [0.2, 0.25) is 0 Å². The van der Waals surface area contributed by atoms with Crippen LogP contribution in [0.1, 0.15) is 6.92 Å². The van der Waals surface area contributed by atoms with E-state index in [-0.39, 0.29) is 18.4 Å². The van der Waals surface area contributed by atoms with Crippen molar-refractivity contribution in [1.82, 2.24) is 14.7 Å². The van der Waals surface area contributed by atoms with Crippen molar-refractivity contribution in [1.29, 1.82) is 0 Å². The van der Waals surface area contributed by atoms with E-state index in [0.29, 0.717) is 0 Å². The Hall–Kier alpha value is -2.12. The molecule has 0 aliphatic carbocycles. The highest BCUT2D eigenvalue weighted by Gasteiger charge is 2.23. The Bertz CT molecular complexity index is 647. The topological polar surface area (TPSA) is 50.3 Å². The maximum Gasteiger partial charge on any atom is 0.242 e. The molecule has 0 radical (unpaired) electrons. The molecule has 0 spiro atoms. The number of amides is 2. The third-order valence-electron chi connectivity index (χ3n) is 5.56. The summed E-state index contributed by atoms with van der Waals surface area (Å²) in [5.74, 6) is -0.0914. The fourth-order valence-corrected chi connectivity index (χ4v) is 3.58. The molecular formula is C20H31N5O2. The molecule has 27 heavy (non-hydrogen) atoms. The van der Waals surface area contributed by atoms with Gasteiger partial charge < -0.3 is 24.5 Å². The van der Waals surface area contributed by atoms with Gasteiger partial charge in [-0.3, -0.25) is 9.59 Å². The van der Waals surface area contributed by atoms with Crippen molar-refractivity contribution in [3.05, 3.63) is 24.3 Å². The molecule has 0 atom stereocenters. The zero-order chi connectivity index (χ0) is 19.4. The lowest BCUT2D eigenvalue weighted by Crippen LogP contribution is -2.50. The summed E-state index contributed by atoms with van der Waals surface area (Å²) in [6.07, 6.45) is 0. The summed E-state index contributed by atoms with van der Waals surface area (Å²) in [7, 11) is 4.20. The quantitative estimate of drug-likeness (QED) is 0.772. The predicted molar refractivity (Wildman–Crippen MR) is 108 cm³/mol. The highest BCUT2D eigenvalue weighted by molar-refractivity contribution is 5.97. The predicted octanol–water partition coefficient (Wildman–Crippen LogP) is 0.565. The van der Waals surface area contributed by atoms with Crippen LogP contribution in [0.3, 0.4) is 0 Å². The molecule has 0 saturated carbocycles. The Morgan fingerprint density at radius 3 is 1.89 bits per heavy atom. The van der Waals surface area contributed by atoms with Crippen molar-refractivity contribution in [2.24, 2.45) is 0 Å². The molecule has 3 rings (SSSR count). The number of benzene rings is 1. The van der Waals surface area contributed by atoms with Crippen LogP contribution in [-0.2, 0) is 9.59 Å². The van der Waals surface area contributed by atoms with Gasteiger partial charge in [0.25, 0.3) is 0 Å². The Morgan fingerprint density at radius 1 is 0.852 bits per heavy atom. The Kier molecular flexibility index (Phi) is 6.34. The molecule has 2 heterocycles. The molecule has 0 bridgehead atoms. The van der Waals surface area contributed by atoms with Crippen LogP contribution >= 0.6 is 0 Å². The second-order valence-corrected chi connectivity index (χ2v) is 7.60. The van der Waals surface area contributed by atoms with Crippen molar-refractivity contribution in [2.45, 2.75) is 6.92 Å². The Labute approximate surface area is 162 Å². The number of anilines is 2. The number of piperazine rings is 2. The largest absolute Gasteiger partial charge is 0.369 e. The number of rotatable bonds is 4. The molecule has 1 aromatic carbocycles. The van der Waals surface area contributed by atoms with Gasteiger partial charge in [-0.1, -0.05) is 0 Å². The molecule has 2 saturated heterocycles. The summed E-state index contributed by atoms with van der Waals surface area (Å²) >= 11 is 0. The zero-order valence-corrected chi connectivity index (χ0v) is 16.7. The van der Waals surface area contributed by atoms with E-state index in [0.717, 1.165) is 58.0 Å². The number of carbonyl (C=O) groups excluding carboxylic acids is 2. The number of hydrogen-bond donors (Lipinski definition) is 0. The molecular weight excluding hydrogens is 342 g/mol. The fourth-order valence-electron chi connectivity index (χ4n) is 3.58. The molecule has 7 nitrogen and oxygen atoms in total. The van der Waals surface area contributed by atoms with Gasteiger partial charge in [-0.2, -0.15) is 0 Å². The maximum absolute atomic E-state index is 12.6. The molecule has 0 aromatic heterocycles. The van der Waals surface area contributed by atoms with Gasteiger partial charge in [0.2, 0.25) is 11.8 Å². The van der Waals surface area contributed by atoms with E-state index in [4.69, 9.17) is 0 Å². The summed E-state index contributed by atoms with van der Waals surface area (Å²) < 4.78 is 0. The molecule has 2 aliphatic rings. The van der Waals surface area contributed by atoms with Crippen LogP contribution < -0.4 is 9.80 Å². The van der Waals surface area contributed by atoms with E-state index >= 15 is 0 Å². The van der Waals surface area contributed by atoms with Crippen LogP contribution in [0.25, 0.3) is 0 Å². The van der Waals surface area contributed by atoms with Crippen LogP contribution in [0, 0.1) is 0 Å². The Balaban J connectivity index is 1.64. The number of nitrogens with zero attached hydrogens (tertiary/aromatic N) is 5. The van der Waals surface area contributed by atoms with Crippen molar-refractivity contribution >= 4 is 23.2 Å². The third-order valence-corrected chi connectivity index (χ3v) is 5.56. The van der Waals surface area contributed by atoms with E-state index in [1.54, 1.807) is 4.90 Å². The Morgan fingerprint density at radius 2 is 1.37 bits per heavy atom. The first-order valence-corrected chi connectivity index (χ1v) is 9.72. The normalized spacial score (nSPS) is 19.2. The minimum Gasteiger partial charge on any atom is -0.369 e. The van der Waals surface area contributed by atoms with Crippen molar-refractivity contribution in [3.8, 4) is 0 Å². The first kappa shape index (κ1) is 19.6. The van der Waals surface area contributed by atoms with E-state index in [1.807, 2.05) is 17.0 Å². The lowest BCUT2D eigenvalue weighted by atomic mass is 10.2. The smallest absolute Gasteiger partial charge is 0.242 e. The van der Waals surface area contributed by atoms with Crippen molar-refractivity contribution in [3.63, 3.8) is 0 Å². The molecule has 2 amide bonds. The maximum atomic E-state index is 12.6. The average molecular weight is 374 g/mol. The first-order valence-electron chi connectivity index (χ1n) is 9.72. The number of likely N-dealkylation sites (N-methyl/N-ethyl adjacent to an activating group) is 2. The monoisotopic (exact) mass is 373 g/mol. The zero-order valence-electron chi connectivity index (χ0n) is 16.7. The van der Waals surface area contributed by atoms with Crippen LogP contribution in [-0.4, -0.2) is 99.5 Å². The molecule has 0 N–H and O–H groups in total. The van der Waals surface area contributed by atoms with Crippen molar-refractivity contribution in [2.75, 3.05) is 82.8 Å². The van der Waals surface area contributed by atoms with Crippen molar-refractivity contribution < 1.29 is 9.59 Å². The van der Waals surface area contributed by atoms with Crippen LogP contribution in [0.5, 0.6) is 0 Å². The lowest BCUT2D eigenvalue weighted by Gasteiger charge is -2.35. The summed E-state index contributed by atoms with van der Waals surface area (Å²) in [5, 5.41) is 0. The molecule has 2 fully saturated rings. The lowest BCUT2D eigenvalue weighted by molar-refractivity contribution is -0.132. The van der Waals surface area contributed by atoms with Gasteiger partial charge in [0.15, 0.2) is 0 Å². The SMILES string of the molecule is CC(=O)N(CC(=O)N1CCN(C)CC1)c1ccc(N2CCN(C)CC2)cc1. The average Bonchev–Trinajstić information content (AvgIpc) is 2.67. The van der Waals surface area contributed by atoms with Gasteiger partial charge >= 0.3 is 0 Å². The molecule has 0 unspecified atom stereocenters. The third kappa shape index (κ3) is 4.99. The summed E-state index contributed by atoms with van der Waals surface area (Å²) in [5.41, 5.74) is 1.95. The highest BCUT2D eigenvalue weighted by Crippen LogP contribution is 2.22. The van der Waals surface area contributed by atoms with E-state index in [9.17, 15) is 9.59 Å². The first-order chi connectivity index (χ1) is 12.9. The summed E-state index contributed by atoms with van der Waals surface area (Å²) in [6, 6.07) is 8.01. The summed E-state index contributed by atoms with van der Waals surface area (Å²) in [4.78, 5) is 35.1. The molecule has 7 heteroatoms. The summed E-state index contributed by atoms with van der Waals surface area (Å²) in [6.45, 7) is 8.96. The van der Waals surface area contributed by atoms with Gasteiger partial charge in [-0.05, 0) is 38.4 Å². The van der Waals surface area contributed by atoms with Gasteiger partial charge in [-0.25, -0.2) is 0 Å². The van der Waals surface area contributed by atoms with E-state index < -0.39 is 0 Å². The highest BCUT2D eigenvalue weighted by atomic mass is 16.2. The fraction of sp³-hybridized carbons (Fsp3) is 0.600. The van der Waals surface area contributed by atoms with Gasteiger partial charge in [0, 0.05) is 70.7 Å². The van der Waals surface area contributed by atoms with Gasteiger partial charge in [0.05, 0.1) is 0 Å². The molecule has 148 valence electrons. The minimum atomic E-state index is -0.107. The number of hydrogen-bond acceptors (Lipinski definition) is 5. The van der Waals surface area contributed by atoms with E-state index in [2.05, 4.69) is 40.9 Å². The van der Waals surface area contributed by atoms with Crippen LogP contribution in [0.15, 0.2) is 24.3 Å². The molecule has 1 aromatic rings. The molecule has 2 aliphatic heterocycles.